The van der Waals surface area contributed by atoms with Crippen LogP contribution in [0.4, 0.5) is 0 Å². The predicted molar refractivity (Wildman–Crippen MR) is 64.5 cm³/mol. The first kappa shape index (κ1) is 14.5. The Balaban J connectivity index is 2.54. The van der Waals surface area contributed by atoms with Gasteiger partial charge in [-0.3, -0.25) is 14.4 Å². The first-order valence-electron chi connectivity index (χ1n) is 6.24. The van der Waals surface area contributed by atoms with E-state index in [1.54, 1.807) is 0 Å². The molecule has 1 saturated carbocycles. The van der Waals surface area contributed by atoms with Crippen LogP contribution in [-0.4, -0.2) is 29.4 Å². The van der Waals surface area contributed by atoms with Crippen molar-refractivity contribution in [2.75, 3.05) is 6.54 Å². The molecule has 6 heteroatoms. The maximum atomic E-state index is 11.9. The molecule has 18 heavy (non-hydrogen) atoms. The molecule has 4 N–H and O–H groups in total. The van der Waals surface area contributed by atoms with Gasteiger partial charge in [0.05, 0.1) is 11.8 Å². The molecule has 0 spiro atoms. The predicted octanol–water partition coefficient (Wildman–Crippen LogP) is 0.115. The molecule has 1 fully saturated rings. The number of primary amides is 1. The largest absolute Gasteiger partial charge is 0.481 e. The number of nitrogens with two attached hydrogens (primary N) is 1. The molecule has 3 atom stereocenters. The third-order valence-corrected chi connectivity index (χ3v) is 3.56. The van der Waals surface area contributed by atoms with Gasteiger partial charge in [-0.05, 0) is 18.8 Å². The molecule has 0 aromatic rings. The Bertz CT molecular complexity index is 343. The SMILES string of the molecule is CCC1CC(C(=O)O)C(C(=O)NCCC(N)=O)C1. The number of hydrogen-bond donors (Lipinski definition) is 3. The number of hydrogen-bond acceptors (Lipinski definition) is 3. The van der Waals surface area contributed by atoms with Crippen molar-refractivity contribution in [1.29, 1.82) is 0 Å². The van der Waals surface area contributed by atoms with Crippen LogP contribution in [0.2, 0.25) is 0 Å². The van der Waals surface area contributed by atoms with Gasteiger partial charge in [0.15, 0.2) is 0 Å². The normalized spacial score (nSPS) is 26.8. The summed E-state index contributed by atoms with van der Waals surface area (Å²) in [5.41, 5.74) is 4.97. The summed E-state index contributed by atoms with van der Waals surface area (Å²) in [6.45, 7) is 2.17. The van der Waals surface area contributed by atoms with Crippen LogP contribution in [-0.2, 0) is 14.4 Å². The van der Waals surface area contributed by atoms with Gasteiger partial charge in [0, 0.05) is 13.0 Å². The minimum Gasteiger partial charge on any atom is -0.481 e. The third-order valence-electron chi connectivity index (χ3n) is 3.56. The number of carboxylic acid groups (broad SMARTS) is 1. The molecule has 6 nitrogen and oxygen atoms in total. The van der Waals surface area contributed by atoms with Gasteiger partial charge in [-0.15, -0.1) is 0 Å². The Labute approximate surface area is 106 Å². The fraction of sp³-hybridized carbons (Fsp3) is 0.750. The van der Waals surface area contributed by atoms with E-state index in [0.717, 1.165) is 6.42 Å². The van der Waals surface area contributed by atoms with E-state index >= 15 is 0 Å². The molecule has 1 aliphatic rings. The number of rotatable bonds is 6. The number of aliphatic carboxylic acids is 1. The molecule has 0 aliphatic heterocycles. The second-order valence-corrected chi connectivity index (χ2v) is 4.80. The van der Waals surface area contributed by atoms with Crippen LogP contribution in [0.15, 0.2) is 0 Å². The number of amides is 2. The molecular weight excluding hydrogens is 236 g/mol. The summed E-state index contributed by atoms with van der Waals surface area (Å²) in [4.78, 5) is 33.5. The minimum atomic E-state index is -0.916. The van der Waals surface area contributed by atoms with Gasteiger partial charge < -0.3 is 16.2 Å². The Hall–Kier alpha value is -1.59. The monoisotopic (exact) mass is 256 g/mol. The highest BCUT2D eigenvalue weighted by Crippen LogP contribution is 2.38. The van der Waals surface area contributed by atoms with Gasteiger partial charge in [0.25, 0.3) is 0 Å². The molecule has 0 radical (unpaired) electrons. The van der Waals surface area contributed by atoms with Crippen LogP contribution in [0.5, 0.6) is 0 Å². The van der Waals surface area contributed by atoms with Crippen LogP contribution in [0.1, 0.15) is 32.6 Å². The van der Waals surface area contributed by atoms with E-state index in [1.165, 1.54) is 0 Å². The summed E-state index contributed by atoms with van der Waals surface area (Å²) in [5.74, 6) is -2.48. The van der Waals surface area contributed by atoms with Crippen molar-refractivity contribution >= 4 is 17.8 Å². The highest BCUT2D eigenvalue weighted by Gasteiger charge is 2.41. The lowest BCUT2D eigenvalue weighted by Crippen LogP contribution is -2.36. The number of carboxylic acids is 1. The van der Waals surface area contributed by atoms with Crippen LogP contribution in [0.25, 0.3) is 0 Å². The van der Waals surface area contributed by atoms with E-state index in [2.05, 4.69) is 5.32 Å². The smallest absolute Gasteiger partial charge is 0.307 e. The lowest BCUT2D eigenvalue weighted by molar-refractivity contribution is -0.146. The van der Waals surface area contributed by atoms with Crippen molar-refractivity contribution in [1.82, 2.24) is 5.32 Å². The van der Waals surface area contributed by atoms with Crippen molar-refractivity contribution < 1.29 is 19.5 Å². The van der Waals surface area contributed by atoms with Crippen LogP contribution < -0.4 is 11.1 Å². The maximum absolute atomic E-state index is 11.9. The van der Waals surface area contributed by atoms with E-state index in [0.29, 0.717) is 12.8 Å². The molecule has 0 heterocycles. The molecule has 1 aliphatic carbocycles. The fourth-order valence-electron chi connectivity index (χ4n) is 2.48. The van der Waals surface area contributed by atoms with Gasteiger partial charge in [-0.1, -0.05) is 13.3 Å². The summed E-state index contributed by atoms with van der Waals surface area (Å²) in [7, 11) is 0. The van der Waals surface area contributed by atoms with Gasteiger partial charge >= 0.3 is 5.97 Å². The fourth-order valence-corrected chi connectivity index (χ4v) is 2.48. The highest BCUT2D eigenvalue weighted by atomic mass is 16.4. The molecule has 0 aromatic heterocycles. The van der Waals surface area contributed by atoms with E-state index in [9.17, 15) is 14.4 Å². The van der Waals surface area contributed by atoms with Gasteiger partial charge in [-0.2, -0.15) is 0 Å². The zero-order valence-electron chi connectivity index (χ0n) is 10.5. The third kappa shape index (κ3) is 3.72. The van der Waals surface area contributed by atoms with E-state index in [4.69, 9.17) is 10.8 Å². The summed E-state index contributed by atoms with van der Waals surface area (Å²) in [6.07, 6.45) is 2.12. The molecule has 0 aromatic carbocycles. The first-order chi connectivity index (χ1) is 8.45. The van der Waals surface area contributed by atoms with Crippen molar-refractivity contribution in [3.63, 3.8) is 0 Å². The summed E-state index contributed by atoms with van der Waals surface area (Å²) >= 11 is 0. The molecule has 102 valence electrons. The molecule has 0 bridgehead atoms. The van der Waals surface area contributed by atoms with Crippen LogP contribution in [0.3, 0.4) is 0 Å². The molecular formula is C12H20N2O4. The average Bonchev–Trinajstić information content (AvgIpc) is 2.72. The number of carbonyl (C=O) groups excluding carboxylic acids is 2. The molecule has 3 unspecified atom stereocenters. The highest BCUT2D eigenvalue weighted by molar-refractivity contribution is 5.85. The van der Waals surface area contributed by atoms with Crippen molar-refractivity contribution in [2.45, 2.75) is 32.6 Å². The lowest BCUT2D eigenvalue weighted by atomic mass is 9.95. The Morgan fingerprint density at radius 2 is 1.89 bits per heavy atom. The topological polar surface area (TPSA) is 109 Å². The maximum Gasteiger partial charge on any atom is 0.307 e. The second kappa shape index (κ2) is 6.37. The van der Waals surface area contributed by atoms with Crippen molar-refractivity contribution in [3.8, 4) is 0 Å². The average molecular weight is 256 g/mol. The van der Waals surface area contributed by atoms with E-state index < -0.39 is 23.7 Å². The summed E-state index contributed by atoms with van der Waals surface area (Å²) < 4.78 is 0. The van der Waals surface area contributed by atoms with Gasteiger partial charge in [0.1, 0.15) is 0 Å². The lowest BCUT2D eigenvalue weighted by Gasteiger charge is -2.15. The zero-order valence-corrected chi connectivity index (χ0v) is 10.5. The van der Waals surface area contributed by atoms with Crippen LogP contribution >= 0.6 is 0 Å². The molecule has 2 amide bonds. The molecule has 1 rings (SSSR count). The van der Waals surface area contributed by atoms with Crippen LogP contribution in [0, 0.1) is 17.8 Å². The van der Waals surface area contributed by atoms with Crippen molar-refractivity contribution in [2.24, 2.45) is 23.5 Å². The Morgan fingerprint density at radius 3 is 2.39 bits per heavy atom. The zero-order chi connectivity index (χ0) is 13.7. The number of carbonyl (C=O) groups is 3. The van der Waals surface area contributed by atoms with Crippen molar-refractivity contribution in [3.05, 3.63) is 0 Å². The Kier molecular flexibility index (Phi) is 5.12. The first-order valence-corrected chi connectivity index (χ1v) is 6.24. The van der Waals surface area contributed by atoms with Gasteiger partial charge in [-0.25, -0.2) is 0 Å². The quantitative estimate of drug-likeness (QED) is 0.626. The standard InChI is InChI=1S/C12H20N2O4/c1-2-7-5-8(9(6-7)12(17)18)11(16)14-4-3-10(13)15/h7-9H,2-6H2,1H3,(H2,13,15)(H,14,16)(H,17,18). The van der Waals surface area contributed by atoms with E-state index in [-0.39, 0.29) is 24.8 Å². The summed E-state index contributed by atoms with van der Waals surface area (Å²) in [6, 6.07) is 0. The minimum absolute atomic E-state index is 0.0768. The second-order valence-electron chi connectivity index (χ2n) is 4.80. The molecule has 0 saturated heterocycles. The Morgan fingerprint density at radius 1 is 1.28 bits per heavy atom. The van der Waals surface area contributed by atoms with Gasteiger partial charge in [0.2, 0.25) is 11.8 Å². The summed E-state index contributed by atoms with van der Waals surface area (Å²) in [5, 5.41) is 11.7. The number of nitrogens with one attached hydrogen (secondary N) is 1. The van der Waals surface area contributed by atoms with E-state index in [1.807, 2.05) is 6.92 Å².